The summed E-state index contributed by atoms with van der Waals surface area (Å²) in [6.45, 7) is 3.60. The average Bonchev–Trinajstić information content (AvgIpc) is 2.73. The van der Waals surface area contributed by atoms with E-state index in [4.69, 9.17) is 16.7 Å². The fraction of sp³-hybridized carbons (Fsp3) is 0.300. The predicted molar refractivity (Wildman–Crippen MR) is 70.0 cm³/mol. The van der Waals surface area contributed by atoms with Gasteiger partial charge in [-0.3, -0.25) is 9.55 Å². The second-order valence-electron chi connectivity index (χ2n) is 4.17. The summed E-state index contributed by atoms with van der Waals surface area (Å²) in [7, 11) is -3.95. The molecule has 2 heterocycles. The van der Waals surface area contributed by atoms with Crippen molar-refractivity contribution >= 4 is 21.6 Å². The number of primary sulfonamides is 1. The first-order valence-corrected chi connectivity index (χ1v) is 7.32. The van der Waals surface area contributed by atoms with E-state index in [0.717, 1.165) is 0 Å². The van der Waals surface area contributed by atoms with Gasteiger partial charge in [0, 0.05) is 24.0 Å². The van der Waals surface area contributed by atoms with Crippen LogP contribution < -0.4 is 5.14 Å². The third-order valence-electron chi connectivity index (χ3n) is 2.45. The number of nitrogens with zero attached hydrogens (tertiary/aromatic N) is 4. The SMILES string of the molecule is CC(C)n1c(-c2ccncc2Cl)nnc1S(N)(=O)=O. The fourth-order valence-corrected chi connectivity index (χ4v) is 2.61. The minimum absolute atomic E-state index is 0.192. The summed E-state index contributed by atoms with van der Waals surface area (Å²) >= 11 is 6.03. The summed E-state index contributed by atoms with van der Waals surface area (Å²) < 4.78 is 24.4. The van der Waals surface area contributed by atoms with Crippen molar-refractivity contribution in [1.82, 2.24) is 19.7 Å². The van der Waals surface area contributed by atoms with Crippen LogP contribution in [-0.2, 0) is 10.0 Å². The third-order valence-corrected chi connectivity index (χ3v) is 3.54. The zero-order chi connectivity index (χ0) is 14.2. The molecule has 0 aliphatic rings. The van der Waals surface area contributed by atoms with Gasteiger partial charge in [0.1, 0.15) is 0 Å². The van der Waals surface area contributed by atoms with Crippen LogP contribution in [0, 0.1) is 0 Å². The van der Waals surface area contributed by atoms with Crippen molar-refractivity contribution in [2.24, 2.45) is 5.14 Å². The van der Waals surface area contributed by atoms with Gasteiger partial charge in [-0.25, -0.2) is 13.6 Å². The van der Waals surface area contributed by atoms with Gasteiger partial charge < -0.3 is 0 Å². The number of pyridine rings is 1. The van der Waals surface area contributed by atoms with E-state index in [1.807, 2.05) is 0 Å². The molecule has 0 aliphatic carbocycles. The lowest BCUT2D eigenvalue weighted by molar-refractivity contribution is 0.524. The fourth-order valence-electron chi connectivity index (χ4n) is 1.68. The molecular formula is C10H12ClN5O2S. The Hall–Kier alpha value is -1.51. The first-order valence-electron chi connectivity index (χ1n) is 5.40. The van der Waals surface area contributed by atoms with Crippen LogP contribution in [0.5, 0.6) is 0 Å². The van der Waals surface area contributed by atoms with Crippen LogP contribution in [0.2, 0.25) is 5.02 Å². The number of halogens is 1. The van der Waals surface area contributed by atoms with E-state index >= 15 is 0 Å². The molecule has 0 amide bonds. The molecule has 9 heteroatoms. The van der Waals surface area contributed by atoms with Crippen molar-refractivity contribution in [3.63, 3.8) is 0 Å². The molecule has 0 fully saturated rings. The van der Waals surface area contributed by atoms with E-state index in [9.17, 15) is 8.42 Å². The van der Waals surface area contributed by atoms with Gasteiger partial charge in [0.15, 0.2) is 5.82 Å². The van der Waals surface area contributed by atoms with Crippen molar-refractivity contribution in [3.05, 3.63) is 23.5 Å². The highest BCUT2D eigenvalue weighted by Crippen LogP contribution is 2.28. The molecule has 0 saturated heterocycles. The van der Waals surface area contributed by atoms with Crippen molar-refractivity contribution in [1.29, 1.82) is 0 Å². The van der Waals surface area contributed by atoms with Gasteiger partial charge in [-0.05, 0) is 19.9 Å². The van der Waals surface area contributed by atoms with Gasteiger partial charge in [0.05, 0.1) is 5.02 Å². The highest BCUT2D eigenvalue weighted by molar-refractivity contribution is 7.89. The number of aromatic nitrogens is 4. The van der Waals surface area contributed by atoms with Gasteiger partial charge in [0.2, 0.25) is 0 Å². The number of nitrogens with two attached hydrogens (primary N) is 1. The molecule has 0 spiro atoms. The van der Waals surface area contributed by atoms with Crippen LogP contribution in [0.1, 0.15) is 19.9 Å². The average molecular weight is 302 g/mol. The topological polar surface area (TPSA) is 104 Å². The summed E-state index contributed by atoms with van der Waals surface area (Å²) in [6.07, 6.45) is 2.99. The molecule has 0 radical (unpaired) electrons. The molecule has 0 bridgehead atoms. The maximum absolute atomic E-state index is 11.5. The van der Waals surface area contributed by atoms with E-state index in [1.54, 1.807) is 19.9 Å². The van der Waals surface area contributed by atoms with Gasteiger partial charge in [-0.1, -0.05) is 11.6 Å². The normalized spacial score (nSPS) is 12.1. The van der Waals surface area contributed by atoms with Crippen LogP contribution >= 0.6 is 11.6 Å². The molecule has 7 nitrogen and oxygen atoms in total. The molecule has 2 rings (SSSR count). The molecule has 19 heavy (non-hydrogen) atoms. The minimum Gasteiger partial charge on any atom is -0.294 e. The zero-order valence-electron chi connectivity index (χ0n) is 10.3. The quantitative estimate of drug-likeness (QED) is 0.918. The van der Waals surface area contributed by atoms with Crippen LogP contribution in [0.3, 0.4) is 0 Å². The minimum atomic E-state index is -3.95. The zero-order valence-corrected chi connectivity index (χ0v) is 11.9. The Labute approximate surface area is 115 Å². The first-order chi connectivity index (χ1) is 8.82. The number of sulfonamides is 1. The maximum Gasteiger partial charge on any atom is 0.273 e. The Bertz CT molecular complexity index is 710. The van der Waals surface area contributed by atoms with Crippen molar-refractivity contribution in [2.75, 3.05) is 0 Å². The summed E-state index contributed by atoms with van der Waals surface area (Å²) in [6, 6.07) is 1.44. The van der Waals surface area contributed by atoms with Gasteiger partial charge in [-0.15, -0.1) is 10.2 Å². The van der Waals surface area contributed by atoms with E-state index in [1.165, 1.54) is 17.0 Å². The maximum atomic E-state index is 11.5. The van der Waals surface area contributed by atoms with Crippen molar-refractivity contribution in [3.8, 4) is 11.4 Å². The van der Waals surface area contributed by atoms with Gasteiger partial charge >= 0.3 is 0 Å². The molecule has 102 valence electrons. The third kappa shape index (κ3) is 2.60. The van der Waals surface area contributed by atoms with E-state index in [0.29, 0.717) is 16.4 Å². The van der Waals surface area contributed by atoms with Crippen molar-refractivity contribution in [2.45, 2.75) is 25.0 Å². The molecule has 2 aromatic heterocycles. The number of rotatable bonds is 3. The number of hydrogen-bond acceptors (Lipinski definition) is 5. The molecule has 0 unspecified atom stereocenters. The summed E-state index contributed by atoms with van der Waals surface area (Å²) in [4.78, 5) is 3.87. The molecule has 0 atom stereocenters. The second-order valence-corrected chi connectivity index (χ2v) is 6.03. The van der Waals surface area contributed by atoms with Gasteiger partial charge in [0.25, 0.3) is 15.2 Å². The molecule has 2 N–H and O–H groups in total. The second kappa shape index (κ2) is 4.87. The van der Waals surface area contributed by atoms with Crippen LogP contribution in [0.4, 0.5) is 0 Å². The Morgan fingerprint density at radius 1 is 1.37 bits per heavy atom. The number of hydrogen-bond donors (Lipinski definition) is 1. The Morgan fingerprint density at radius 2 is 2.05 bits per heavy atom. The molecule has 0 saturated carbocycles. The largest absolute Gasteiger partial charge is 0.294 e. The lowest BCUT2D eigenvalue weighted by Gasteiger charge is -2.13. The van der Waals surface area contributed by atoms with Crippen LogP contribution in [0.15, 0.2) is 23.6 Å². The highest BCUT2D eigenvalue weighted by Gasteiger charge is 2.24. The van der Waals surface area contributed by atoms with E-state index in [-0.39, 0.29) is 11.2 Å². The van der Waals surface area contributed by atoms with Crippen molar-refractivity contribution < 1.29 is 8.42 Å². The van der Waals surface area contributed by atoms with E-state index in [2.05, 4.69) is 15.2 Å². The standard InChI is InChI=1S/C10H12ClN5O2S/c1-6(2)16-9(7-3-4-13-5-8(7)11)14-15-10(16)19(12,17)18/h3-6H,1-2H3,(H2,12,17,18). The van der Waals surface area contributed by atoms with E-state index < -0.39 is 10.0 Å². The molecule has 0 aromatic carbocycles. The first kappa shape index (κ1) is 13.9. The highest BCUT2D eigenvalue weighted by atomic mass is 35.5. The summed E-state index contributed by atoms with van der Waals surface area (Å²) in [5.74, 6) is 0.339. The predicted octanol–water partition coefficient (Wildman–Crippen LogP) is 1.22. The Balaban J connectivity index is 2.74. The molecule has 2 aromatic rings. The van der Waals surface area contributed by atoms with Crippen LogP contribution in [-0.4, -0.2) is 28.2 Å². The smallest absolute Gasteiger partial charge is 0.273 e. The Morgan fingerprint density at radius 3 is 2.58 bits per heavy atom. The molecule has 0 aliphatic heterocycles. The Kier molecular flexibility index (Phi) is 3.57. The molecular weight excluding hydrogens is 290 g/mol. The van der Waals surface area contributed by atoms with Crippen LogP contribution in [0.25, 0.3) is 11.4 Å². The lowest BCUT2D eigenvalue weighted by Crippen LogP contribution is -2.20. The lowest BCUT2D eigenvalue weighted by atomic mass is 10.2. The monoisotopic (exact) mass is 301 g/mol. The summed E-state index contributed by atoms with van der Waals surface area (Å²) in [5, 5.41) is 12.7. The van der Waals surface area contributed by atoms with Gasteiger partial charge in [-0.2, -0.15) is 0 Å². The summed E-state index contributed by atoms with van der Waals surface area (Å²) in [5.41, 5.74) is 0.549.